The normalized spacial score (nSPS) is 21.1. The quantitative estimate of drug-likeness (QED) is 0.763. The van der Waals surface area contributed by atoms with Gasteiger partial charge in [-0.2, -0.15) is 0 Å². The van der Waals surface area contributed by atoms with Crippen molar-refractivity contribution < 1.29 is 9.31 Å². The molecule has 1 aliphatic heterocycles. The van der Waals surface area contributed by atoms with Crippen LogP contribution in [0.15, 0.2) is 24.8 Å². The van der Waals surface area contributed by atoms with Crippen molar-refractivity contribution >= 4 is 30.3 Å². The van der Waals surface area contributed by atoms with E-state index in [0.29, 0.717) is 5.02 Å². The number of rotatable bonds is 2. The highest BCUT2D eigenvalue weighted by molar-refractivity contribution is 6.62. The fourth-order valence-corrected chi connectivity index (χ4v) is 2.10. The lowest BCUT2D eigenvalue weighted by molar-refractivity contribution is 0.00578. The molecule has 0 amide bonds. The lowest BCUT2D eigenvalue weighted by Gasteiger charge is -2.32. The van der Waals surface area contributed by atoms with Crippen LogP contribution in [0.4, 0.5) is 0 Å². The van der Waals surface area contributed by atoms with Gasteiger partial charge >= 0.3 is 7.12 Å². The van der Waals surface area contributed by atoms with Crippen molar-refractivity contribution in [3.63, 3.8) is 0 Å². The zero-order valence-electron chi connectivity index (χ0n) is 11.3. The summed E-state index contributed by atoms with van der Waals surface area (Å²) in [6.45, 7) is 11.9. The van der Waals surface area contributed by atoms with Crippen molar-refractivity contribution in [1.29, 1.82) is 0 Å². The van der Waals surface area contributed by atoms with Crippen molar-refractivity contribution in [2.75, 3.05) is 0 Å². The zero-order chi connectivity index (χ0) is 13.6. The molecule has 2 nitrogen and oxygen atoms in total. The van der Waals surface area contributed by atoms with Crippen LogP contribution in [0.2, 0.25) is 5.02 Å². The summed E-state index contributed by atoms with van der Waals surface area (Å²) >= 11 is 6.17. The average Bonchev–Trinajstić information content (AvgIpc) is 2.48. The Morgan fingerprint density at radius 2 is 1.72 bits per heavy atom. The third-order valence-corrected chi connectivity index (χ3v) is 4.10. The van der Waals surface area contributed by atoms with Crippen molar-refractivity contribution in [2.24, 2.45) is 0 Å². The maximum absolute atomic E-state index is 6.17. The van der Waals surface area contributed by atoms with Gasteiger partial charge in [-0.1, -0.05) is 36.4 Å². The Bertz CT molecular complexity index is 467. The molecule has 4 heteroatoms. The highest BCUT2D eigenvalue weighted by atomic mass is 35.5. The van der Waals surface area contributed by atoms with E-state index in [1.165, 1.54) is 0 Å². The fraction of sp³-hybridized carbons (Fsp3) is 0.429. The molecule has 0 atom stereocenters. The summed E-state index contributed by atoms with van der Waals surface area (Å²) in [5.41, 5.74) is 1.18. The third kappa shape index (κ3) is 2.23. The summed E-state index contributed by atoms with van der Waals surface area (Å²) in [6.07, 6.45) is 1.73. The largest absolute Gasteiger partial charge is 0.494 e. The molecule has 0 radical (unpaired) electrons. The van der Waals surface area contributed by atoms with E-state index in [2.05, 4.69) is 6.58 Å². The summed E-state index contributed by atoms with van der Waals surface area (Å²) in [5, 5.41) is 0.664. The molecule has 18 heavy (non-hydrogen) atoms. The number of hydrogen-bond acceptors (Lipinski definition) is 2. The highest BCUT2D eigenvalue weighted by Gasteiger charge is 2.51. The Kier molecular flexibility index (Phi) is 3.35. The standard InChI is InChI=1S/C14H18BClO2/c1-6-10-7-8-11(9-12(10)16)15-17-13(2,3)14(4,5)18-15/h6-9H,1H2,2-5H3. The molecule has 0 bridgehead atoms. The third-order valence-electron chi connectivity index (χ3n) is 3.77. The van der Waals surface area contributed by atoms with Gasteiger partial charge in [-0.25, -0.2) is 0 Å². The molecule has 2 rings (SSSR count). The van der Waals surface area contributed by atoms with Crippen LogP contribution >= 0.6 is 11.6 Å². The first-order valence-corrected chi connectivity index (χ1v) is 6.42. The lowest BCUT2D eigenvalue weighted by Crippen LogP contribution is -2.41. The molecule has 1 fully saturated rings. The molecule has 96 valence electrons. The molecule has 1 saturated heterocycles. The minimum absolute atomic E-state index is 0.332. The molecule has 1 heterocycles. The van der Waals surface area contributed by atoms with Gasteiger partial charge in [0.05, 0.1) is 11.2 Å². The van der Waals surface area contributed by atoms with Gasteiger partial charge in [0.1, 0.15) is 0 Å². The molecule has 1 aromatic carbocycles. The maximum Gasteiger partial charge on any atom is 0.494 e. The topological polar surface area (TPSA) is 18.5 Å². The van der Waals surface area contributed by atoms with Crippen LogP contribution in [0.25, 0.3) is 6.08 Å². The van der Waals surface area contributed by atoms with Gasteiger partial charge in [0.25, 0.3) is 0 Å². The van der Waals surface area contributed by atoms with Crippen LogP contribution in [0.1, 0.15) is 33.3 Å². The van der Waals surface area contributed by atoms with Crippen molar-refractivity contribution in [3.8, 4) is 0 Å². The van der Waals surface area contributed by atoms with E-state index >= 15 is 0 Å². The maximum atomic E-state index is 6.17. The molecular formula is C14H18BClO2. The first-order chi connectivity index (χ1) is 8.27. The van der Waals surface area contributed by atoms with Gasteiger partial charge in [0.2, 0.25) is 0 Å². The first-order valence-electron chi connectivity index (χ1n) is 6.04. The predicted molar refractivity (Wildman–Crippen MR) is 77.3 cm³/mol. The van der Waals surface area contributed by atoms with Gasteiger partial charge < -0.3 is 9.31 Å². The molecule has 1 aliphatic rings. The molecule has 0 unspecified atom stereocenters. The second-order valence-electron chi connectivity index (χ2n) is 5.57. The van der Waals surface area contributed by atoms with Crippen molar-refractivity contribution in [1.82, 2.24) is 0 Å². The fourth-order valence-electron chi connectivity index (χ4n) is 1.83. The van der Waals surface area contributed by atoms with Gasteiger partial charge in [0, 0.05) is 5.02 Å². The molecule has 0 spiro atoms. The van der Waals surface area contributed by atoms with Crippen LogP contribution in [-0.4, -0.2) is 18.3 Å². The van der Waals surface area contributed by atoms with E-state index < -0.39 is 0 Å². The Morgan fingerprint density at radius 1 is 1.17 bits per heavy atom. The highest BCUT2D eigenvalue weighted by Crippen LogP contribution is 2.36. The molecule has 1 aromatic rings. The Labute approximate surface area is 114 Å². The van der Waals surface area contributed by atoms with Crippen LogP contribution in [0, 0.1) is 0 Å². The minimum atomic E-state index is -0.369. The molecule has 0 aliphatic carbocycles. The van der Waals surface area contributed by atoms with Gasteiger partial charge in [-0.15, -0.1) is 0 Å². The van der Waals surface area contributed by atoms with Crippen LogP contribution < -0.4 is 5.46 Å². The first kappa shape index (κ1) is 13.7. The summed E-state index contributed by atoms with van der Waals surface area (Å²) in [5.74, 6) is 0. The molecular weight excluding hydrogens is 246 g/mol. The zero-order valence-corrected chi connectivity index (χ0v) is 12.0. The van der Waals surface area contributed by atoms with Gasteiger partial charge in [-0.05, 0) is 44.8 Å². The summed E-state index contributed by atoms with van der Waals surface area (Å²) in [7, 11) is -0.369. The second kappa shape index (κ2) is 4.41. The molecule has 0 saturated carbocycles. The second-order valence-corrected chi connectivity index (χ2v) is 5.98. The van der Waals surface area contributed by atoms with E-state index in [-0.39, 0.29) is 18.3 Å². The van der Waals surface area contributed by atoms with Crippen molar-refractivity contribution in [3.05, 3.63) is 35.4 Å². The number of hydrogen-bond donors (Lipinski definition) is 0. The van der Waals surface area contributed by atoms with Crippen LogP contribution in [0.5, 0.6) is 0 Å². The van der Waals surface area contributed by atoms with E-state index in [0.717, 1.165) is 11.0 Å². The Morgan fingerprint density at radius 3 is 2.17 bits per heavy atom. The minimum Gasteiger partial charge on any atom is -0.399 e. The van der Waals surface area contributed by atoms with Crippen molar-refractivity contribution in [2.45, 2.75) is 38.9 Å². The average molecular weight is 265 g/mol. The van der Waals surface area contributed by atoms with E-state index in [1.807, 2.05) is 45.9 Å². The van der Waals surface area contributed by atoms with E-state index in [4.69, 9.17) is 20.9 Å². The summed E-state index contributed by atoms with van der Waals surface area (Å²) < 4.78 is 11.9. The summed E-state index contributed by atoms with van der Waals surface area (Å²) in [4.78, 5) is 0. The van der Waals surface area contributed by atoms with Gasteiger partial charge in [-0.3, -0.25) is 0 Å². The van der Waals surface area contributed by atoms with E-state index in [9.17, 15) is 0 Å². The van der Waals surface area contributed by atoms with Gasteiger partial charge in [0.15, 0.2) is 0 Å². The van der Waals surface area contributed by atoms with E-state index in [1.54, 1.807) is 6.08 Å². The lowest BCUT2D eigenvalue weighted by atomic mass is 9.79. The number of halogens is 1. The van der Waals surface area contributed by atoms with Crippen LogP contribution in [-0.2, 0) is 9.31 Å². The predicted octanol–water partition coefficient (Wildman–Crippen LogP) is 3.28. The number of benzene rings is 1. The SMILES string of the molecule is C=Cc1ccc(B2OC(C)(C)C(C)(C)O2)cc1Cl. The van der Waals surface area contributed by atoms with Crippen LogP contribution in [0.3, 0.4) is 0 Å². The molecule has 0 N–H and O–H groups in total. The Balaban J connectivity index is 2.30. The Hall–Kier alpha value is -0.765. The summed E-state index contributed by atoms with van der Waals surface area (Å²) in [6, 6.07) is 5.77. The monoisotopic (exact) mass is 264 g/mol. The molecule has 0 aromatic heterocycles. The smallest absolute Gasteiger partial charge is 0.399 e.